The predicted molar refractivity (Wildman–Crippen MR) is 73.8 cm³/mol. The highest BCUT2D eigenvalue weighted by atomic mass is 16.5. The van der Waals surface area contributed by atoms with Crippen LogP contribution in [0.5, 0.6) is 0 Å². The number of carbonyl (C=O) groups is 1. The van der Waals surface area contributed by atoms with Gasteiger partial charge in [-0.1, -0.05) is 6.92 Å². The summed E-state index contributed by atoms with van der Waals surface area (Å²) < 4.78 is 15.2. The number of aryl methyl sites for hydroxylation is 1. The highest BCUT2D eigenvalue weighted by Gasteiger charge is 2.14. The first-order valence-corrected chi connectivity index (χ1v) is 6.81. The van der Waals surface area contributed by atoms with Crippen molar-refractivity contribution in [1.29, 1.82) is 0 Å². The van der Waals surface area contributed by atoms with Crippen molar-refractivity contribution in [2.75, 3.05) is 33.5 Å². The fourth-order valence-electron chi connectivity index (χ4n) is 1.64. The van der Waals surface area contributed by atoms with Gasteiger partial charge in [-0.3, -0.25) is 0 Å². The number of hydrogen-bond acceptors (Lipinski definition) is 6. The van der Waals surface area contributed by atoms with Crippen LogP contribution in [0.4, 0.5) is 0 Å². The highest BCUT2D eigenvalue weighted by molar-refractivity contribution is 5.90. The quantitative estimate of drug-likeness (QED) is 0.504. The Morgan fingerprint density at radius 1 is 1.25 bits per heavy atom. The van der Waals surface area contributed by atoms with Crippen LogP contribution < -0.4 is 0 Å². The molecule has 1 aromatic heterocycles. The Hall–Kier alpha value is -1.53. The third-order valence-corrected chi connectivity index (χ3v) is 2.65. The van der Waals surface area contributed by atoms with Gasteiger partial charge in [0.15, 0.2) is 0 Å². The molecular formula is C14H22N2O4. The van der Waals surface area contributed by atoms with Crippen molar-refractivity contribution in [2.45, 2.75) is 26.7 Å². The molecule has 1 heterocycles. The molecule has 0 aromatic carbocycles. The van der Waals surface area contributed by atoms with Gasteiger partial charge < -0.3 is 14.2 Å². The Kier molecular flexibility index (Phi) is 7.75. The van der Waals surface area contributed by atoms with Gasteiger partial charge in [0.05, 0.1) is 37.7 Å². The van der Waals surface area contributed by atoms with E-state index in [2.05, 4.69) is 9.97 Å². The van der Waals surface area contributed by atoms with Crippen LogP contribution in [-0.4, -0.2) is 49.5 Å². The van der Waals surface area contributed by atoms with E-state index in [4.69, 9.17) is 14.2 Å². The third kappa shape index (κ3) is 5.22. The molecule has 0 radical (unpaired) electrons. The molecule has 1 aromatic rings. The Labute approximate surface area is 119 Å². The van der Waals surface area contributed by atoms with Gasteiger partial charge in [0.25, 0.3) is 0 Å². The van der Waals surface area contributed by atoms with E-state index in [9.17, 15) is 4.79 Å². The minimum Gasteiger partial charge on any atom is -0.462 e. The summed E-state index contributed by atoms with van der Waals surface area (Å²) in [6.45, 7) is 5.73. The average Bonchev–Trinajstić information content (AvgIpc) is 2.47. The van der Waals surface area contributed by atoms with Gasteiger partial charge in [0.2, 0.25) is 0 Å². The average molecular weight is 282 g/mol. The third-order valence-electron chi connectivity index (χ3n) is 2.65. The summed E-state index contributed by atoms with van der Waals surface area (Å²) in [6.07, 6.45) is 2.81. The maximum absolute atomic E-state index is 11.7. The number of esters is 1. The largest absolute Gasteiger partial charge is 0.462 e. The smallest absolute Gasteiger partial charge is 0.341 e. The fourth-order valence-corrected chi connectivity index (χ4v) is 1.64. The van der Waals surface area contributed by atoms with E-state index >= 15 is 0 Å². The molecule has 0 aliphatic carbocycles. The van der Waals surface area contributed by atoms with E-state index in [1.807, 2.05) is 6.92 Å². The lowest BCUT2D eigenvalue weighted by Gasteiger charge is -2.08. The van der Waals surface area contributed by atoms with Crippen molar-refractivity contribution in [3.8, 4) is 0 Å². The summed E-state index contributed by atoms with van der Waals surface area (Å²) in [6, 6.07) is 0. The van der Waals surface area contributed by atoms with Gasteiger partial charge in [-0.2, -0.15) is 0 Å². The molecule has 0 bridgehead atoms. The molecule has 0 N–H and O–H groups in total. The molecule has 0 aliphatic rings. The Bertz CT molecular complexity index is 424. The predicted octanol–water partition coefficient (Wildman–Crippen LogP) is 1.42. The van der Waals surface area contributed by atoms with Crippen molar-refractivity contribution in [2.24, 2.45) is 0 Å². The first-order chi connectivity index (χ1) is 9.72. The summed E-state index contributed by atoms with van der Waals surface area (Å²) in [5.74, 6) is 0.305. The summed E-state index contributed by atoms with van der Waals surface area (Å²) in [5.41, 5.74) is 1.16. The van der Waals surface area contributed by atoms with Crippen molar-refractivity contribution in [1.82, 2.24) is 9.97 Å². The zero-order valence-corrected chi connectivity index (χ0v) is 12.3. The van der Waals surface area contributed by atoms with E-state index in [-0.39, 0.29) is 5.97 Å². The van der Waals surface area contributed by atoms with Crippen molar-refractivity contribution in [3.05, 3.63) is 23.3 Å². The lowest BCUT2D eigenvalue weighted by atomic mass is 10.2. The molecule has 0 aliphatic heterocycles. The highest BCUT2D eigenvalue weighted by Crippen LogP contribution is 2.09. The second-order valence-corrected chi connectivity index (χ2v) is 4.08. The van der Waals surface area contributed by atoms with Crippen LogP contribution in [0.25, 0.3) is 0 Å². The van der Waals surface area contributed by atoms with Crippen molar-refractivity contribution in [3.63, 3.8) is 0 Å². The number of nitrogens with zero attached hydrogens (tertiary/aromatic N) is 2. The minimum absolute atomic E-state index is 0.344. The van der Waals surface area contributed by atoms with Crippen LogP contribution in [-0.2, 0) is 27.1 Å². The van der Waals surface area contributed by atoms with Gasteiger partial charge in [-0.25, -0.2) is 14.8 Å². The van der Waals surface area contributed by atoms with Crippen LogP contribution in [0.15, 0.2) is 6.20 Å². The van der Waals surface area contributed by atoms with Crippen LogP contribution in [0, 0.1) is 0 Å². The van der Waals surface area contributed by atoms with Gasteiger partial charge in [-0.05, 0) is 13.3 Å². The van der Waals surface area contributed by atoms with E-state index in [1.165, 1.54) is 6.20 Å². The van der Waals surface area contributed by atoms with E-state index in [0.29, 0.717) is 56.4 Å². The number of methoxy groups -OCH3 is 1. The number of rotatable bonds is 9. The van der Waals surface area contributed by atoms with E-state index in [0.717, 1.165) is 0 Å². The summed E-state index contributed by atoms with van der Waals surface area (Å²) >= 11 is 0. The molecule has 0 amide bonds. The maximum Gasteiger partial charge on any atom is 0.341 e. The summed E-state index contributed by atoms with van der Waals surface area (Å²) in [7, 11) is 1.63. The summed E-state index contributed by atoms with van der Waals surface area (Å²) in [5, 5.41) is 0. The van der Waals surface area contributed by atoms with Crippen LogP contribution in [0.2, 0.25) is 0 Å². The second-order valence-electron chi connectivity index (χ2n) is 4.08. The first-order valence-electron chi connectivity index (χ1n) is 6.81. The molecule has 112 valence electrons. The van der Waals surface area contributed by atoms with Gasteiger partial charge in [0.1, 0.15) is 5.82 Å². The fraction of sp³-hybridized carbons (Fsp3) is 0.643. The number of carbonyl (C=O) groups excluding carboxylic acids is 1. The molecular weight excluding hydrogens is 260 g/mol. The van der Waals surface area contributed by atoms with Crippen LogP contribution >= 0.6 is 0 Å². The van der Waals surface area contributed by atoms with E-state index < -0.39 is 0 Å². The number of hydrogen-bond donors (Lipinski definition) is 0. The molecule has 20 heavy (non-hydrogen) atoms. The van der Waals surface area contributed by atoms with Crippen LogP contribution in [0.1, 0.15) is 35.7 Å². The molecule has 0 saturated heterocycles. The molecule has 1 rings (SSSR count). The Morgan fingerprint density at radius 2 is 2.05 bits per heavy atom. The molecule has 0 saturated carbocycles. The zero-order chi connectivity index (χ0) is 14.8. The number of ether oxygens (including phenoxy) is 3. The van der Waals surface area contributed by atoms with Gasteiger partial charge >= 0.3 is 5.97 Å². The molecule has 0 spiro atoms. The van der Waals surface area contributed by atoms with Crippen molar-refractivity contribution < 1.29 is 19.0 Å². The standard InChI is InChI=1S/C14H22N2O4/c1-4-12-11(14(17)20-5-2)10-15-13(16-12)6-7-19-9-8-18-3/h10H,4-9H2,1-3H3. The molecule has 0 atom stereocenters. The molecule has 0 fully saturated rings. The molecule has 6 nitrogen and oxygen atoms in total. The maximum atomic E-state index is 11.7. The minimum atomic E-state index is -0.368. The lowest BCUT2D eigenvalue weighted by Crippen LogP contribution is -2.13. The second kappa shape index (κ2) is 9.39. The topological polar surface area (TPSA) is 70.5 Å². The first kappa shape index (κ1) is 16.5. The summed E-state index contributed by atoms with van der Waals surface area (Å²) in [4.78, 5) is 20.3. The monoisotopic (exact) mass is 282 g/mol. The molecule has 6 heteroatoms. The zero-order valence-electron chi connectivity index (χ0n) is 12.3. The normalized spacial score (nSPS) is 10.6. The Balaban J connectivity index is 2.60. The van der Waals surface area contributed by atoms with Gasteiger partial charge in [0, 0.05) is 19.7 Å². The number of aromatic nitrogens is 2. The lowest BCUT2D eigenvalue weighted by molar-refractivity contribution is 0.0523. The Morgan fingerprint density at radius 3 is 2.70 bits per heavy atom. The van der Waals surface area contributed by atoms with E-state index in [1.54, 1.807) is 14.0 Å². The van der Waals surface area contributed by atoms with Gasteiger partial charge in [-0.15, -0.1) is 0 Å². The SMILES string of the molecule is CCOC(=O)c1cnc(CCOCCOC)nc1CC. The van der Waals surface area contributed by atoms with Crippen LogP contribution in [0.3, 0.4) is 0 Å². The van der Waals surface area contributed by atoms with Crippen molar-refractivity contribution >= 4 is 5.97 Å². The molecule has 0 unspecified atom stereocenters.